The van der Waals surface area contributed by atoms with Gasteiger partial charge in [0.15, 0.2) is 0 Å². The van der Waals surface area contributed by atoms with Crippen LogP contribution in [0.3, 0.4) is 0 Å². The molecule has 0 fully saturated rings. The number of nitrogens with two attached hydrogens (primary N) is 1. The van der Waals surface area contributed by atoms with Crippen molar-refractivity contribution in [2.24, 2.45) is 11.8 Å². The maximum absolute atomic E-state index is 5.81. The standard InChI is InChI=1S/C15H30N2/c1-3-5-10-13(4-2)15(17-16)14-11-8-6-7-9-12-14/h11,13,15,17H,3-10,12,16H2,1-2H3. The predicted octanol–water partition coefficient (Wildman–Crippen LogP) is 3.93. The van der Waals surface area contributed by atoms with E-state index in [1.54, 1.807) is 5.57 Å². The van der Waals surface area contributed by atoms with Gasteiger partial charge in [-0.05, 0) is 38.0 Å². The molecule has 2 heteroatoms. The van der Waals surface area contributed by atoms with Crippen molar-refractivity contribution in [3.8, 4) is 0 Å². The monoisotopic (exact) mass is 238 g/mol. The molecule has 0 aromatic carbocycles. The summed E-state index contributed by atoms with van der Waals surface area (Å²) in [5.41, 5.74) is 4.67. The molecular weight excluding hydrogens is 208 g/mol. The first kappa shape index (κ1) is 14.7. The van der Waals surface area contributed by atoms with Gasteiger partial charge < -0.3 is 0 Å². The van der Waals surface area contributed by atoms with E-state index in [-0.39, 0.29) is 0 Å². The van der Waals surface area contributed by atoms with E-state index < -0.39 is 0 Å². The molecule has 2 atom stereocenters. The Bertz CT molecular complexity index is 223. The predicted molar refractivity (Wildman–Crippen MR) is 75.6 cm³/mol. The highest BCUT2D eigenvalue weighted by molar-refractivity contribution is 5.13. The van der Waals surface area contributed by atoms with Gasteiger partial charge in [-0.2, -0.15) is 0 Å². The van der Waals surface area contributed by atoms with Gasteiger partial charge in [-0.1, -0.05) is 51.2 Å². The van der Waals surface area contributed by atoms with Crippen molar-refractivity contribution in [1.29, 1.82) is 0 Å². The van der Waals surface area contributed by atoms with E-state index in [2.05, 4.69) is 25.3 Å². The molecule has 2 nitrogen and oxygen atoms in total. The van der Waals surface area contributed by atoms with Gasteiger partial charge in [0.1, 0.15) is 0 Å². The Labute approximate surface area is 107 Å². The number of rotatable bonds is 7. The van der Waals surface area contributed by atoms with E-state index in [1.165, 1.54) is 57.8 Å². The highest BCUT2D eigenvalue weighted by Crippen LogP contribution is 2.27. The molecule has 1 aliphatic rings. The van der Waals surface area contributed by atoms with Crippen molar-refractivity contribution >= 4 is 0 Å². The summed E-state index contributed by atoms with van der Waals surface area (Å²) in [6, 6.07) is 0.421. The minimum atomic E-state index is 0.421. The van der Waals surface area contributed by atoms with Gasteiger partial charge in [0.2, 0.25) is 0 Å². The molecule has 0 amide bonds. The fourth-order valence-corrected chi connectivity index (χ4v) is 2.94. The van der Waals surface area contributed by atoms with Crippen LogP contribution < -0.4 is 11.3 Å². The Morgan fingerprint density at radius 1 is 1.29 bits per heavy atom. The van der Waals surface area contributed by atoms with Gasteiger partial charge >= 0.3 is 0 Å². The summed E-state index contributed by atoms with van der Waals surface area (Å²) in [6.45, 7) is 4.56. The van der Waals surface area contributed by atoms with E-state index in [1.807, 2.05) is 0 Å². The van der Waals surface area contributed by atoms with Crippen molar-refractivity contribution in [2.75, 3.05) is 0 Å². The Morgan fingerprint density at radius 2 is 2.12 bits per heavy atom. The largest absolute Gasteiger partial charge is 0.271 e. The Morgan fingerprint density at radius 3 is 2.76 bits per heavy atom. The van der Waals surface area contributed by atoms with Gasteiger partial charge in [0.05, 0.1) is 0 Å². The molecule has 0 saturated carbocycles. The lowest BCUT2D eigenvalue weighted by atomic mass is 9.85. The van der Waals surface area contributed by atoms with E-state index in [0.717, 1.165) is 0 Å². The average Bonchev–Trinajstić information content (AvgIpc) is 2.63. The Kier molecular flexibility index (Phi) is 7.54. The molecule has 0 spiro atoms. The van der Waals surface area contributed by atoms with Crippen LogP contribution in [0.4, 0.5) is 0 Å². The number of unbranched alkanes of at least 4 members (excludes halogenated alkanes) is 1. The summed E-state index contributed by atoms with van der Waals surface area (Å²) in [5, 5.41) is 0. The molecule has 0 radical (unpaired) electrons. The highest BCUT2D eigenvalue weighted by Gasteiger charge is 2.22. The van der Waals surface area contributed by atoms with Crippen molar-refractivity contribution in [3.05, 3.63) is 11.6 Å². The van der Waals surface area contributed by atoms with Crippen LogP contribution in [-0.2, 0) is 0 Å². The van der Waals surface area contributed by atoms with E-state index in [0.29, 0.717) is 12.0 Å². The van der Waals surface area contributed by atoms with Crippen LogP contribution in [0.15, 0.2) is 11.6 Å². The quantitative estimate of drug-likeness (QED) is 0.401. The molecular formula is C15H30N2. The lowest BCUT2D eigenvalue weighted by molar-refractivity contribution is 0.347. The van der Waals surface area contributed by atoms with Crippen molar-refractivity contribution in [2.45, 2.75) is 77.7 Å². The van der Waals surface area contributed by atoms with Crippen LogP contribution in [0.5, 0.6) is 0 Å². The van der Waals surface area contributed by atoms with E-state index in [4.69, 9.17) is 5.84 Å². The second-order valence-electron chi connectivity index (χ2n) is 5.33. The van der Waals surface area contributed by atoms with Gasteiger partial charge in [-0.3, -0.25) is 11.3 Å². The molecule has 0 aliphatic heterocycles. The second kappa shape index (κ2) is 8.71. The van der Waals surface area contributed by atoms with Crippen LogP contribution in [0.2, 0.25) is 0 Å². The van der Waals surface area contributed by atoms with Crippen LogP contribution >= 0.6 is 0 Å². The van der Waals surface area contributed by atoms with E-state index in [9.17, 15) is 0 Å². The molecule has 0 heterocycles. The van der Waals surface area contributed by atoms with Crippen LogP contribution in [0, 0.1) is 5.92 Å². The van der Waals surface area contributed by atoms with Gasteiger partial charge in [0.25, 0.3) is 0 Å². The summed E-state index contributed by atoms with van der Waals surface area (Å²) in [4.78, 5) is 0. The summed E-state index contributed by atoms with van der Waals surface area (Å²) in [5.74, 6) is 6.52. The van der Waals surface area contributed by atoms with Gasteiger partial charge in [-0.15, -0.1) is 0 Å². The van der Waals surface area contributed by atoms with Crippen molar-refractivity contribution < 1.29 is 0 Å². The molecule has 0 bridgehead atoms. The summed E-state index contributed by atoms with van der Waals surface area (Å²) in [6.07, 6.45) is 14.2. The third-order valence-corrected chi connectivity index (χ3v) is 4.08. The molecule has 0 aromatic rings. The zero-order chi connectivity index (χ0) is 12.5. The molecule has 3 N–H and O–H groups in total. The molecule has 1 aliphatic carbocycles. The topological polar surface area (TPSA) is 38.0 Å². The average molecular weight is 238 g/mol. The number of hydrazine groups is 1. The molecule has 100 valence electrons. The van der Waals surface area contributed by atoms with Gasteiger partial charge in [-0.25, -0.2) is 0 Å². The summed E-state index contributed by atoms with van der Waals surface area (Å²) in [7, 11) is 0. The number of nitrogens with one attached hydrogen (secondary N) is 1. The van der Waals surface area contributed by atoms with Gasteiger partial charge in [0, 0.05) is 6.04 Å². The zero-order valence-electron chi connectivity index (χ0n) is 11.7. The lowest BCUT2D eigenvalue weighted by Crippen LogP contribution is -2.42. The first-order valence-electron chi connectivity index (χ1n) is 7.48. The number of allylic oxidation sites excluding steroid dienone is 1. The Hall–Kier alpha value is -0.340. The van der Waals surface area contributed by atoms with E-state index >= 15 is 0 Å². The normalized spacial score (nSPS) is 20.5. The minimum absolute atomic E-state index is 0.421. The molecule has 0 saturated heterocycles. The van der Waals surface area contributed by atoms with Crippen LogP contribution in [-0.4, -0.2) is 6.04 Å². The minimum Gasteiger partial charge on any atom is -0.271 e. The highest BCUT2D eigenvalue weighted by atomic mass is 15.2. The lowest BCUT2D eigenvalue weighted by Gasteiger charge is -2.28. The maximum atomic E-state index is 5.81. The number of hydrogen-bond acceptors (Lipinski definition) is 2. The van der Waals surface area contributed by atoms with Crippen molar-refractivity contribution in [1.82, 2.24) is 5.43 Å². The molecule has 2 unspecified atom stereocenters. The third-order valence-electron chi connectivity index (χ3n) is 4.08. The second-order valence-corrected chi connectivity index (χ2v) is 5.33. The maximum Gasteiger partial charge on any atom is 0.0447 e. The smallest absolute Gasteiger partial charge is 0.0447 e. The number of hydrogen-bond donors (Lipinski definition) is 2. The molecule has 1 rings (SSSR count). The fraction of sp³-hybridized carbons (Fsp3) is 0.867. The first-order chi connectivity index (χ1) is 8.33. The molecule has 17 heavy (non-hydrogen) atoms. The summed E-state index contributed by atoms with van der Waals surface area (Å²) >= 11 is 0. The third kappa shape index (κ3) is 4.81. The first-order valence-corrected chi connectivity index (χ1v) is 7.48. The zero-order valence-corrected chi connectivity index (χ0v) is 11.7. The molecule has 0 aromatic heterocycles. The SMILES string of the molecule is CCCCC(CC)C(NN)C1=CCCCCC1. The fourth-order valence-electron chi connectivity index (χ4n) is 2.94. The van der Waals surface area contributed by atoms with Crippen molar-refractivity contribution in [3.63, 3.8) is 0 Å². The summed E-state index contributed by atoms with van der Waals surface area (Å²) < 4.78 is 0. The van der Waals surface area contributed by atoms with Crippen LogP contribution in [0.25, 0.3) is 0 Å². The Balaban J connectivity index is 2.62. The van der Waals surface area contributed by atoms with Crippen LogP contribution in [0.1, 0.15) is 71.6 Å².